The van der Waals surface area contributed by atoms with E-state index in [1.165, 1.54) is 4.90 Å². The standard InChI is InChI=1S/C14H19N3O2/c1-9(15)14(19)17-12-5-3-10(8-16-2)7-11(12)4-6-13(17)18/h3,5,7,9,16H,4,6,8,15H2,1-2H3. The third-order valence-electron chi connectivity index (χ3n) is 3.23. The first-order valence-electron chi connectivity index (χ1n) is 6.43. The molecule has 1 aromatic rings. The first kappa shape index (κ1) is 13.7. The molecule has 0 aliphatic carbocycles. The molecule has 102 valence electrons. The number of amides is 2. The Kier molecular flexibility index (Phi) is 3.97. The zero-order valence-corrected chi connectivity index (χ0v) is 11.3. The minimum Gasteiger partial charge on any atom is -0.320 e. The van der Waals surface area contributed by atoms with Crippen molar-refractivity contribution < 1.29 is 9.59 Å². The third kappa shape index (κ3) is 2.67. The predicted octanol–water partition coefficient (Wildman–Crippen LogP) is 0.559. The predicted molar refractivity (Wildman–Crippen MR) is 73.7 cm³/mol. The van der Waals surface area contributed by atoms with Gasteiger partial charge in [-0.1, -0.05) is 12.1 Å². The van der Waals surface area contributed by atoms with Gasteiger partial charge in [-0.25, -0.2) is 4.90 Å². The van der Waals surface area contributed by atoms with Gasteiger partial charge >= 0.3 is 0 Å². The molecule has 0 radical (unpaired) electrons. The SMILES string of the molecule is CNCc1ccc2c(c1)CCC(=O)N2C(=O)C(C)N. The van der Waals surface area contributed by atoms with Crippen molar-refractivity contribution in [2.45, 2.75) is 32.4 Å². The average molecular weight is 261 g/mol. The molecule has 1 aromatic carbocycles. The van der Waals surface area contributed by atoms with Crippen molar-refractivity contribution in [3.63, 3.8) is 0 Å². The number of hydrogen-bond acceptors (Lipinski definition) is 4. The van der Waals surface area contributed by atoms with Gasteiger partial charge in [-0.15, -0.1) is 0 Å². The van der Waals surface area contributed by atoms with Crippen LogP contribution in [-0.2, 0) is 22.6 Å². The molecule has 0 aromatic heterocycles. The molecule has 19 heavy (non-hydrogen) atoms. The van der Waals surface area contributed by atoms with Gasteiger partial charge in [-0.3, -0.25) is 9.59 Å². The van der Waals surface area contributed by atoms with E-state index in [-0.39, 0.29) is 11.8 Å². The van der Waals surface area contributed by atoms with Gasteiger partial charge in [0.05, 0.1) is 11.7 Å². The Balaban J connectivity index is 2.39. The summed E-state index contributed by atoms with van der Waals surface area (Å²) in [6.07, 6.45) is 1.03. The molecule has 1 aliphatic rings. The molecular formula is C14H19N3O2. The van der Waals surface area contributed by atoms with E-state index in [0.717, 1.165) is 17.7 Å². The maximum absolute atomic E-state index is 12.0. The first-order chi connectivity index (χ1) is 9.04. The lowest BCUT2D eigenvalue weighted by Gasteiger charge is -2.29. The van der Waals surface area contributed by atoms with E-state index in [1.807, 2.05) is 25.2 Å². The number of anilines is 1. The smallest absolute Gasteiger partial charge is 0.250 e. The summed E-state index contributed by atoms with van der Waals surface area (Å²) in [6.45, 7) is 2.36. The Morgan fingerprint density at radius 3 is 2.84 bits per heavy atom. The van der Waals surface area contributed by atoms with Gasteiger partial charge in [0.2, 0.25) is 11.8 Å². The van der Waals surface area contributed by atoms with Crippen LogP contribution in [0.15, 0.2) is 18.2 Å². The van der Waals surface area contributed by atoms with Crippen molar-refractivity contribution in [3.05, 3.63) is 29.3 Å². The largest absolute Gasteiger partial charge is 0.320 e. The van der Waals surface area contributed by atoms with Crippen molar-refractivity contribution in [2.24, 2.45) is 5.73 Å². The van der Waals surface area contributed by atoms with E-state index in [9.17, 15) is 9.59 Å². The summed E-state index contributed by atoms with van der Waals surface area (Å²) in [4.78, 5) is 25.2. The second-order valence-electron chi connectivity index (χ2n) is 4.85. The second-order valence-corrected chi connectivity index (χ2v) is 4.85. The fraction of sp³-hybridized carbons (Fsp3) is 0.429. The summed E-state index contributed by atoms with van der Waals surface area (Å²) >= 11 is 0. The highest BCUT2D eigenvalue weighted by Gasteiger charge is 2.30. The molecule has 1 atom stereocenters. The van der Waals surface area contributed by atoms with Gasteiger partial charge in [0.25, 0.3) is 0 Å². The molecule has 0 saturated heterocycles. The zero-order valence-electron chi connectivity index (χ0n) is 11.3. The van der Waals surface area contributed by atoms with E-state index < -0.39 is 6.04 Å². The summed E-state index contributed by atoms with van der Waals surface area (Å²) in [7, 11) is 1.88. The number of aryl methyl sites for hydroxylation is 1. The van der Waals surface area contributed by atoms with E-state index in [0.29, 0.717) is 18.5 Å². The molecule has 3 N–H and O–H groups in total. The molecule has 2 rings (SSSR count). The summed E-state index contributed by atoms with van der Waals surface area (Å²) in [6, 6.07) is 5.13. The molecule has 0 bridgehead atoms. The quantitative estimate of drug-likeness (QED) is 0.833. The molecule has 0 fully saturated rings. The van der Waals surface area contributed by atoms with E-state index in [1.54, 1.807) is 6.92 Å². The molecule has 5 heteroatoms. The van der Waals surface area contributed by atoms with Crippen molar-refractivity contribution in [3.8, 4) is 0 Å². The van der Waals surface area contributed by atoms with Crippen LogP contribution in [0.1, 0.15) is 24.5 Å². The first-order valence-corrected chi connectivity index (χ1v) is 6.43. The maximum Gasteiger partial charge on any atom is 0.250 e. The van der Waals surface area contributed by atoms with Crippen molar-refractivity contribution in [1.29, 1.82) is 0 Å². The van der Waals surface area contributed by atoms with Crippen LogP contribution in [0.4, 0.5) is 5.69 Å². The van der Waals surface area contributed by atoms with Crippen molar-refractivity contribution in [1.82, 2.24) is 5.32 Å². The summed E-state index contributed by atoms with van der Waals surface area (Å²) in [5, 5.41) is 3.08. The Hall–Kier alpha value is -1.72. The van der Waals surface area contributed by atoms with Gasteiger partial charge in [0.15, 0.2) is 0 Å². The van der Waals surface area contributed by atoms with E-state index in [4.69, 9.17) is 5.73 Å². The molecule has 5 nitrogen and oxygen atoms in total. The molecule has 0 spiro atoms. The highest BCUT2D eigenvalue weighted by molar-refractivity contribution is 6.17. The van der Waals surface area contributed by atoms with Crippen molar-refractivity contribution >= 4 is 17.5 Å². The monoisotopic (exact) mass is 261 g/mol. The van der Waals surface area contributed by atoms with Crippen LogP contribution in [0.5, 0.6) is 0 Å². The van der Waals surface area contributed by atoms with Gasteiger partial charge in [0, 0.05) is 13.0 Å². The van der Waals surface area contributed by atoms with Gasteiger partial charge in [-0.2, -0.15) is 0 Å². The summed E-state index contributed by atoms with van der Waals surface area (Å²) in [5.74, 6) is -0.511. The highest BCUT2D eigenvalue weighted by Crippen LogP contribution is 2.29. The number of hydrogen-bond donors (Lipinski definition) is 2. The number of imide groups is 1. The van der Waals surface area contributed by atoms with Crippen LogP contribution in [-0.4, -0.2) is 24.9 Å². The van der Waals surface area contributed by atoms with Gasteiger partial charge in [-0.05, 0) is 37.6 Å². The molecular weight excluding hydrogens is 242 g/mol. The maximum atomic E-state index is 12.0. The number of benzene rings is 1. The number of rotatable bonds is 3. The molecule has 1 aliphatic heterocycles. The average Bonchev–Trinajstić information content (AvgIpc) is 2.38. The number of carbonyl (C=O) groups is 2. The lowest BCUT2D eigenvalue weighted by Crippen LogP contribution is -2.47. The Morgan fingerprint density at radius 2 is 2.21 bits per heavy atom. The van der Waals surface area contributed by atoms with Crippen LogP contribution in [0.3, 0.4) is 0 Å². The normalized spacial score (nSPS) is 16.2. The minimum atomic E-state index is -0.674. The summed E-state index contributed by atoms with van der Waals surface area (Å²) in [5.41, 5.74) is 8.46. The fourth-order valence-electron chi connectivity index (χ4n) is 2.30. The third-order valence-corrected chi connectivity index (χ3v) is 3.23. The number of nitrogens with zero attached hydrogens (tertiary/aromatic N) is 1. The van der Waals surface area contributed by atoms with Gasteiger partial charge in [0.1, 0.15) is 0 Å². The van der Waals surface area contributed by atoms with Crippen molar-refractivity contribution in [2.75, 3.05) is 11.9 Å². The topological polar surface area (TPSA) is 75.4 Å². The molecule has 0 saturated carbocycles. The lowest BCUT2D eigenvalue weighted by atomic mass is 9.98. The molecule has 1 unspecified atom stereocenters. The van der Waals surface area contributed by atoms with Crippen LogP contribution in [0, 0.1) is 0 Å². The van der Waals surface area contributed by atoms with E-state index >= 15 is 0 Å². The van der Waals surface area contributed by atoms with Crippen LogP contribution < -0.4 is 16.0 Å². The van der Waals surface area contributed by atoms with Crippen LogP contribution in [0.25, 0.3) is 0 Å². The number of carbonyl (C=O) groups excluding carboxylic acids is 2. The van der Waals surface area contributed by atoms with Crippen LogP contribution in [0.2, 0.25) is 0 Å². The Bertz CT molecular complexity index is 511. The second kappa shape index (κ2) is 5.50. The van der Waals surface area contributed by atoms with E-state index in [2.05, 4.69) is 5.32 Å². The highest BCUT2D eigenvalue weighted by atomic mass is 16.2. The number of nitrogens with two attached hydrogens (primary N) is 1. The van der Waals surface area contributed by atoms with Gasteiger partial charge < -0.3 is 11.1 Å². The number of fused-ring (bicyclic) bond motifs is 1. The minimum absolute atomic E-state index is 0.170. The Morgan fingerprint density at radius 1 is 1.47 bits per heavy atom. The Labute approximate surface area is 112 Å². The molecule has 1 heterocycles. The lowest BCUT2D eigenvalue weighted by molar-refractivity contribution is -0.127. The van der Waals surface area contributed by atoms with Crippen LogP contribution >= 0.6 is 0 Å². The number of nitrogens with one attached hydrogen (secondary N) is 1. The zero-order chi connectivity index (χ0) is 14.0. The molecule has 2 amide bonds. The summed E-state index contributed by atoms with van der Waals surface area (Å²) < 4.78 is 0. The fourth-order valence-corrected chi connectivity index (χ4v) is 2.30.